The van der Waals surface area contributed by atoms with Gasteiger partial charge in [-0.3, -0.25) is 0 Å². The number of aliphatic hydroxyl groups is 14. The van der Waals surface area contributed by atoms with Crippen LogP contribution in [0.4, 0.5) is 0 Å². The zero-order valence-corrected chi connectivity index (χ0v) is 23.5. The van der Waals surface area contributed by atoms with Crippen LogP contribution >= 0.6 is 0 Å². The van der Waals surface area contributed by atoms with Gasteiger partial charge in [0, 0.05) is 0 Å². The first-order valence-electron chi connectivity index (χ1n) is 14.1. The second kappa shape index (κ2) is 15.6. The van der Waals surface area contributed by atoms with E-state index < -0.39 is 149 Å². The van der Waals surface area contributed by atoms with E-state index in [0.717, 1.165) is 0 Å². The summed E-state index contributed by atoms with van der Waals surface area (Å²) in [4.78, 5) is 0. The minimum Gasteiger partial charge on any atom is -0.394 e. The predicted molar refractivity (Wildman–Crippen MR) is 134 cm³/mol. The maximum absolute atomic E-state index is 10.4. The Morgan fingerprint density at radius 2 is 0.622 bits per heavy atom. The van der Waals surface area contributed by atoms with E-state index in [1.165, 1.54) is 0 Å². The van der Waals surface area contributed by atoms with E-state index in [0.29, 0.717) is 0 Å². The van der Waals surface area contributed by atoms with Crippen molar-refractivity contribution in [1.29, 1.82) is 0 Å². The summed E-state index contributed by atoms with van der Waals surface area (Å²) in [5.74, 6) is 0. The third-order valence-electron chi connectivity index (χ3n) is 8.15. The van der Waals surface area contributed by atoms with Crippen LogP contribution in [0, 0.1) is 0 Å². The van der Waals surface area contributed by atoms with Gasteiger partial charge in [0.25, 0.3) is 0 Å². The van der Waals surface area contributed by atoms with Crippen LogP contribution in [0.5, 0.6) is 0 Å². The average Bonchev–Trinajstić information content (AvgIpc) is 3.02. The number of hydrogen-bond acceptors (Lipinski definition) is 21. The Kier molecular flexibility index (Phi) is 12.8. The Balaban J connectivity index is 1.33. The Morgan fingerprint density at radius 1 is 0.333 bits per heavy atom. The standard InChI is InChI=1S/C24H42O21/c25-1-5-9(26)14(31)18(35)22(43-5)40-3-7-11(28)16(33)20(37)24(45-7)41-4-8-12(29)15(32)19(36)23(44-8)39-2-6-10(27)13(30)17(34)21(38)42-6/h5-38H,1-4H2/t5-,6-,7-,8-,9-,10-,11-,12-,13+,14+,15+,16+,17-,18-,19-,20-,21+,22+,23+,24+/m1/s1. The van der Waals surface area contributed by atoms with Gasteiger partial charge in [-0.15, -0.1) is 0 Å². The minimum atomic E-state index is -1.88. The molecule has 0 radical (unpaired) electrons. The summed E-state index contributed by atoms with van der Waals surface area (Å²) in [6, 6.07) is 0. The van der Waals surface area contributed by atoms with Gasteiger partial charge in [-0.2, -0.15) is 0 Å². The SMILES string of the molecule is OC[C@H]1O[C@H](OC[C@H]2O[C@H](OC[C@H]3O[C@H](OC[C@H]4O[C@H](O)[C@H](O)[C@@H](O)[C@@H]4O)[C@H](O)[C@@H](O)[C@@H]3O)[C@H](O)[C@@H](O)[C@@H]2O)[C@H](O)[C@@H](O)[C@@H]1O. The smallest absolute Gasteiger partial charge is 0.186 e. The highest BCUT2D eigenvalue weighted by molar-refractivity contribution is 4.94. The highest BCUT2D eigenvalue weighted by Crippen LogP contribution is 2.29. The van der Waals surface area contributed by atoms with Crippen LogP contribution in [0.25, 0.3) is 0 Å². The van der Waals surface area contributed by atoms with Crippen LogP contribution in [0.3, 0.4) is 0 Å². The fraction of sp³-hybridized carbons (Fsp3) is 1.00. The Hall–Kier alpha value is -0.840. The van der Waals surface area contributed by atoms with E-state index in [-0.39, 0.29) is 0 Å². The number of aliphatic hydroxyl groups excluding tert-OH is 14. The molecule has 4 fully saturated rings. The van der Waals surface area contributed by atoms with Gasteiger partial charge in [-0.1, -0.05) is 0 Å². The summed E-state index contributed by atoms with van der Waals surface area (Å²) in [6.07, 6.45) is -34.1. The maximum Gasteiger partial charge on any atom is 0.186 e. The van der Waals surface area contributed by atoms with Gasteiger partial charge in [0.05, 0.1) is 26.4 Å². The molecule has 0 aliphatic carbocycles. The summed E-state index contributed by atoms with van der Waals surface area (Å²) in [7, 11) is 0. The molecule has 4 rings (SSSR count). The van der Waals surface area contributed by atoms with Crippen molar-refractivity contribution in [1.82, 2.24) is 0 Å². The first-order chi connectivity index (χ1) is 21.2. The Labute approximate surface area is 254 Å². The number of rotatable bonds is 10. The lowest BCUT2D eigenvalue weighted by Gasteiger charge is -2.44. The molecule has 0 bridgehead atoms. The summed E-state index contributed by atoms with van der Waals surface area (Å²) >= 11 is 0. The summed E-state index contributed by atoms with van der Waals surface area (Å²) < 4.78 is 37.2. The van der Waals surface area contributed by atoms with E-state index >= 15 is 0 Å². The molecule has 4 saturated heterocycles. The van der Waals surface area contributed by atoms with Crippen molar-refractivity contribution in [2.24, 2.45) is 0 Å². The van der Waals surface area contributed by atoms with Gasteiger partial charge in [0.2, 0.25) is 0 Å². The highest BCUT2D eigenvalue weighted by Gasteiger charge is 2.50. The first-order valence-corrected chi connectivity index (χ1v) is 14.1. The summed E-state index contributed by atoms with van der Waals surface area (Å²) in [5, 5.41) is 141. The van der Waals surface area contributed by atoms with Crippen LogP contribution in [0.15, 0.2) is 0 Å². The van der Waals surface area contributed by atoms with Crippen molar-refractivity contribution in [2.45, 2.75) is 123 Å². The second-order valence-corrected chi connectivity index (χ2v) is 11.3. The quantitative estimate of drug-likeness (QED) is 0.103. The Bertz CT molecular complexity index is 916. The van der Waals surface area contributed by atoms with E-state index in [4.69, 9.17) is 33.2 Å². The van der Waals surface area contributed by atoms with Gasteiger partial charge in [0.15, 0.2) is 25.2 Å². The molecule has 0 unspecified atom stereocenters. The van der Waals surface area contributed by atoms with Crippen molar-refractivity contribution in [3.05, 3.63) is 0 Å². The molecule has 0 amide bonds. The normalized spacial score (nSPS) is 52.9. The molecule has 21 heteroatoms. The van der Waals surface area contributed by atoms with Crippen LogP contribution in [-0.2, 0) is 33.2 Å². The van der Waals surface area contributed by atoms with Crippen LogP contribution in [0.1, 0.15) is 0 Å². The molecule has 4 aliphatic heterocycles. The van der Waals surface area contributed by atoms with E-state index in [9.17, 15) is 71.5 Å². The van der Waals surface area contributed by atoms with Crippen molar-refractivity contribution < 1.29 is 105 Å². The molecule has 0 aromatic heterocycles. The van der Waals surface area contributed by atoms with Crippen molar-refractivity contribution in [3.8, 4) is 0 Å². The molecule has 20 atom stereocenters. The van der Waals surface area contributed by atoms with Crippen molar-refractivity contribution in [3.63, 3.8) is 0 Å². The van der Waals surface area contributed by atoms with Crippen molar-refractivity contribution in [2.75, 3.05) is 26.4 Å². The van der Waals surface area contributed by atoms with Gasteiger partial charge in [-0.25, -0.2) is 0 Å². The van der Waals surface area contributed by atoms with Crippen LogP contribution < -0.4 is 0 Å². The lowest BCUT2D eigenvalue weighted by Crippen LogP contribution is -2.63. The zero-order chi connectivity index (χ0) is 33.3. The monoisotopic (exact) mass is 666 g/mol. The van der Waals surface area contributed by atoms with Crippen LogP contribution in [-0.4, -0.2) is 221 Å². The predicted octanol–water partition coefficient (Wildman–Crippen LogP) is -9.75. The molecule has 14 N–H and O–H groups in total. The number of ether oxygens (including phenoxy) is 7. The maximum atomic E-state index is 10.4. The largest absolute Gasteiger partial charge is 0.394 e. The summed E-state index contributed by atoms with van der Waals surface area (Å²) in [6.45, 7) is -2.67. The molecular formula is C24H42O21. The molecular weight excluding hydrogens is 624 g/mol. The zero-order valence-electron chi connectivity index (χ0n) is 23.5. The van der Waals surface area contributed by atoms with Gasteiger partial charge in [0.1, 0.15) is 97.7 Å². The molecule has 0 saturated carbocycles. The van der Waals surface area contributed by atoms with Crippen LogP contribution in [0.2, 0.25) is 0 Å². The van der Waals surface area contributed by atoms with Gasteiger partial charge >= 0.3 is 0 Å². The molecule has 0 spiro atoms. The lowest BCUT2D eigenvalue weighted by atomic mass is 9.98. The van der Waals surface area contributed by atoms with E-state index in [1.54, 1.807) is 0 Å². The highest BCUT2D eigenvalue weighted by atomic mass is 16.7. The van der Waals surface area contributed by atoms with Gasteiger partial charge in [-0.05, 0) is 0 Å². The van der Waals surface area contributed by atoms with E-state index in [2.05, 4.69) is 0 Å². The van der Waals surface area contributed by atoms with E-state index in [1.807, 2.05) is 0 Å². The third kappa shape index (κ3) is 7.91. The molecule has 21 nitrogen and oxygen atoms in total. The minimum absolute atomic E-state index is 0.633. The third-order valence-corrected chi connectivity index (χ3v) is 8.15. The van der Waals surface area contributed by atoms with Crippen molar-refractivity contribution >= 4 is 0 Å². The average molecular weight is 667 g/mol. The molecule has 45 heavy (non-hydrogen) atoms. The molecule has 4 heterocycles. The molecule has 4 aliphatic rings. The number of hydrogen-bond donors (Lipinski definition) is 14. The molecule has 264 valence electrons. The Morgan fingerprint density at radius 3 is 0.978 bits per heavy atom. The fourth-order valence-electron chi connectivity index (χ4n) is 5.23. The van der Waals surface area contributed by atoms with Gasteiger partial charge < -0.3 is 105 Å². The summed E-state index contributed by atoms with van der Waals surface area (Å²) in [5.41, 5.74) is 0. The topological polar surface area (TPSA) is 348 Å². The first kappa shape index (κ1) is 37.0. The fourth-order valence-corrected chi connectivity index (χ4v) is 5.23. The second-order valence-electron chi connectivity index (χ2n) is 11.3. The molecule has 0 aromatic carbocycles. The lowest BCUT2D eigenvalue weighted by molar-refractivity contribution is -0.346. The molecule has 0 aromatic rings.